The van der Waals surface area contributed by atoms with Gasteiger partial charge < -0.3 is 5.32 Å². The lowest BCUT2D eigenvalue weighted by atomic mass is 10.1. The van der Waals surface area contributed by atoms with Crippen molar-refractivity contribution in [2.75, 3.05) is 5.32 Å². The van der Waals surface area contributed by atoms with Crippen LogP contribution in [-0.4, -0.2) is 10.2 Å². The topological polar surface area (TPSA) is 40.7 Å². The molecule has 3 rings (SSSR count). The molecule has 2 aromatic carbocycles. The Morgan fingerprint density at radius 2 is 1.95 bits per heavy atom. The first-order chi connectivity index (χ1) is 9.22. The highest BCUT2D eigenvalue weighted by Gasteiger charge is 2.06. The van der Waals surface area contributed by atoms with E-state index in [9.17, 15) is 0 Å². The molecule has 0 spiro atoms. The monoisotopic (exact) mass is 315 g/mol. The summed E-state index contributed by atoms with van der Waals surface area (Å²) >= 11 is 3.45. The number of H-pyrrole nitrogens is 1. The second kappa shape index (κ2) is 5.05. The Kier molecular flexibility index (Phi) is 3.25. The molecule has 0 fully saturated rings. The van der Waals surface area contributed by atoms with Crippen molar-refractivity contribution >= 4 is 32.5 Å². The summed E-state index contributed by atoms with van der Waals surface area (Å²) in [5.41, 5.74) is 3.42. The Morgan fingerprint density at radius 1 is 1.16 bits per heavy atom. The molecule has 4 heteroatoms. The number of nitrogens with zero attached hydrogens (tertiary/aromatic N) is 1. The molecule has 3 aromatic rings. The first-order valence-corrected chi connectivity index (χ1v) is 6.97. The van der Waals surface area contributed by atoms with Crippen LogP contribution in [0, 0.1) is 0 Å². The van der Waals surface area contributed by atoms with Crippen molar-refractivity contribution in [3.05, 3.63) is 58.7 Å². The Balaban J connectivity index is 1.81. The van der Waals surface area contributed by atoms with Gasteiger partial charge in [-0.15, -0.1) is 0 Å². The zero-order chi connectivity index (χ0) is 13.2. The van der Waals surface area contributed by atoms with Gasteiger partial charge >= 0.3 is 0 Å². The normalized spacial score (nSPS) is 12.5. The minimum atomic E-state index is 0.262. The highest BCUT2D eigenvalue weighted by molar-refractivity contribution is 9.10. The molecule has 0 saturated heterocycles. The minimum absolute atomic E-state index is 0.262. The van der Waals surface area contributed by atoms with Gasteiger partial charge in [0, 0.05) is 21.6 Å². The van der Waals surface area contributed by atoms with Crippen LogP contribution in [0.1, 0.15) is 18.5 Å². The van der Waals surface area contributed by atoms with Crippen molar-refractivity contribution in [2.24, 2.45) is 0 Å². The molecule has 19 heavy (non-hydrogen) atoms. The van der Waals surface area contributed by atoms with Crippen LogP contribution in [-0.2, 0) is 0 Å². The number of hydrogen-bond donors (Lipinski definition) is 2. The van der Waals surface area contributed by atoms with Crippen molar-refractivity contribution in [3.8, 4) is 0 Å². The number of anilines is 1. The molecule has 0 bridgehead atoms. The lowest BCUT2D eigenvalue weighted by molar-refractivity contribution is 0.885. The fourth-order valence-electron chi connectivity index (χ4n) is 2.12. The lowest BCUT2D eigenvalue weighted by Gasteiger charge is -2.15. The van der Waals surface area contributed by atoms with Gasteiger partial charge in [0.15, 0.2) is 0 Å². The van der Waals surface area contributed by atoms with Crippen molar-refractivity contribution in [2.45, 2.75) is 13.0 Å². The van der Waals surface area contributed by atoms with Crippen LogP contribution < -0.4 is 5.32 Å². The number of nitrogens with one attached hydrogen (secondary N) is 2. The number of aromatic amines is 1. The van der Waals surface area contributed by atoms with Crippen molar-refractivity contribution in [1.82, 2.24) is 10.2 Å². The van der Waals surface area contributed by atoms with Gasteiger partial charge in [-0.1, -0.05) is 28.1 Å². The molecule has 0 aliphatic heterocycles. The Morgan fingerprint density at radius 3 is 2.74 bits per heavy atom. The summed E-state index contributed by atoms with van der Waals surface area (Å²) in [6, 6.07) is 14.8. The largest absolute Gasteiger partial charge is 0.379 e. The Bertz CT molecular complexity index is 688. The summed E-state index contributed by atoms with van der Waals surface area (Å²) < 4.78 is 1.10. The molecule has 0 amide bonds. The fraction of sp³-hybridized carbons (Fsp3) is 0.133. The molecule has 1 unspecified atom stereocenters. The van der Waals surface area contributed by atoms with E-state index in [4.69, 9.17) is 0 Å². The van der Waals surface area contributed by atoms with E-state index in [1.165, 1.54) is 5.56 Å². The van der Waals surface area contributed by atoms with E-state index in [1.54, 1.807) is 0 Å². The quantitative estimate of drug-likeness (QED) is 0.747. The molecule has 96 valence electrons. The molecular formula is C15H14BrN3. The van der Waals surface area contributed by atoms with E-state index in [1.807, 2.05) is 12.3 Å². The second-order valence-electron chi connectivity index (χ2n) is 4.59. The average molecular weight is 316 g/mol. The minimum Gasteiger partial charge on any atom is -0.379 e. The number of fused-ring (bicyclic) bond motifs is 1. The number of halogens is 1. The first kappa shape index (κ1) is 12.2. The molecule has 0 saturated carbocycles. The standard InChI is InChI=1S/C15H14BrN3/c1-10(11-2-4-13(16)5-3-11)18-14-6-7-15-12(8-14)9-17-19-15/h2-10,18H,1H3,(H,17,19). The Hall–Kier alpha value is -1.81. The molecule has 1 aromatic heterocycles. The van der Waals surface area contributed by atoms with Crippen molar-refractivity contribution in [3.63, 3.8) is 0 Å². The predicted octanol–water partition coefficient (Wildman–Crippen LogP) is 4.50. The smallest absolute Gasteiger partial charge is 0.0651 e. The summed E-state index contributed by atoms with van der Waals surface area (Å²) in [5.74, 6) is 0. The van der Waals surface area contributed by atoms with E-state index < -0.39 is 0 Å². The number of rotatable bonds is 3. The van der Waals surface area contributed by atoms with Gasteiger partial charge in [-0.2, -0.15) is 5.10 Å². The van der Waals surface area contributed by atoms with Gasteiger partial charge in [-0.25, -0.2) is 0 Å². The third-order valence-electron chi connectivity index (χ3n) is 3.19. The van der Waals surface area contributed by atoms with Gasteiger partial charge in [0.05, 0.1) is 11.7 Å². The number of benzene rings is 2. The molecule has 1 heterocycles. The van der Waals surface area contributed by atoms with E-state index in [-0.39, 0.29) is 6.04 Å². The van der Waals surface area contributed by atoms with Crippen LogP contribution in [0.4, 0.5) is 5.69 Å². The van der Waals surface area contributed by atoms with Crippen LogP contribution in [0.3, 0.4) is 0 Å². The lowest BCUT2D eigenvalue weighted by Crippen LogP contribution is -2.06. The van der Waals surface area contributed by atoms with Gasteiger partial charge in [-0.05, 0) is 42.8 Å². The van der Waals surface area contributed by atoms with Crippen LogP contribution in [0.2, 0.25) is 0 Å². The summed E-state index contributed by atoms with van der Waals surface area (Å²) in [6.45, 7) is 2.16. The van der Waals surface area contributed by atoms with E-state index in [0.29, 0.717) is 0 Å². The fourth-order valence-corrected chi connectivity index (χ4v) is 2.38. The predicted molar refractivity (Wildman–Crippen MR) is 82.3 cm³/mol. The summed E-state index contributed by atoms with van der Waals surface area (Å²) in [7, 11) is 0. The zero-order valence-corrected chi connectivity index (χ0v) is 12.1. The van der Waals surface area contributed by atoms with Gasteiger partial charge in [0.1, 0.15) is 0 Å². The SMILES string of the molecule is CC(Nc1ccc2[nH]ncc2c1)c1ccc(Br)cc1. The average Bonchev–Trinajstić information content (AvgIpc) is 2.87. The second-order valence-corrected chi connectivity index (χ2v) is 5.51. The van der Waals surface area contributed by atoms with Crippen LogP contribution in [0.15, 0.2) is 53.1 Å². The number of hydrogen-bond acceptors (Lipinski definition) is 2. The maximum atomic E-state index is 4.03. The van der Waals surface area contributed by atoms with Crippen molar-refractivity contribution < 1.29 is 0 Å². The molecular weight excluding hydrogens is 302 g/mol. The molecule has 0 aliphatic carbocycles. The van der Waals surface area contributed by atoms with Crippen LogP contribution in [0.5, 0.6) is 0 Å². The summed E-state index contributed by atoms with van der Waals surface area (Å²) in [6.07, 6.45) is 1.84. The molecule has 1 atom stereocenters. The van der Waals surface area contributed by atoms with Gasteiger partial charge in [0.2, 0.25) is 0 Å². The molecule has 2 N–H and O–H groups in total. The first-order valence-electron chi connectivity index (χ1n) is 6.17. The summed E-state index contributed by atoms with van der Waals surface area (Å²) in [4.78, 5) is 0. The molecule has 0 radical (unpaired) electrons. The summed E-state index contributed by atoms with van der Waals surface area (Å²) in [5, 5.41) is 11.6. The zero-order valence-electron chi connectivity index (χ0n) is 10.5. The highest BCUT2D eigenvalue weighted by Crippen LogP contribution is 2.23. The number of aromatic nitrogens is 2. The third kappa shape index (κ3) is 2.63. The van der Waals surface area contributed by atoms with Crippen molar-refractivity contribution in [1.29, 1.82) is 0 Å². The van der Waals surface area contributed by atoms with E-state index >= 15 is 0 Å². The van der Waals surface area contributed by atoms with E-state index in [2.05, 4.69) is 74.8 Å². The molecule has 3 nitrogen and oxygen atoms in total. The van der Waals surface area contributed by atoms with Gasteiger partial charge in [-0.3, -0.25) is 5.10 Å². The Labute approximate surface area is 120 Å². The molecule has 0 aliphatic rings. The van der Waals surface area contributed by atoms with Crippen LogP contribution in [0.25, 0.3) is 10.9 Å². The third-order valence-corrected chi connectivity index (χ3v) is 3.72. The maximum Gasteiger partial charge on any atom is 0.0651 e. The van der Waals surface area contributed by atoms with Gasteiger partial charge in [0.25, 0.3) is 0 Å². The highest BCUT2D eigenvalue weighted by atomic mass is 79.9. The maximum absolute atomic E-state index is 4.03. The van der Waals surface area contributed by atoms with E-state index in [0.717, 1.165) is 21.1 Å². The van der Waals surface area contributed by atoms with Crippen LogP contribution >= 0.6 is 15.9 Å².